The van der Waals surface area contributed by atoms with Gasteiger partial charge in [-0.3, -0.25) is 0 Å². The van der Waals surface area contributed by atoms with Crippen LogP contribution >= 0.6 is 11.9 Å². The van der Waals surface area contributed by atoms with Crippen LogP contribution in [0, 0.1) is 12.7 Å². The van der Waals surface area contributed by atoms with Gasteiger partial charge in [-0.25, -0.2) is 4.39 Å². The largest absolute Gasteiger partial charge is 0.315 e. The quantitative estimate of drug-likeness (QED) is 0.651. The molecule has 0 N–H and O–H groups in total. The van der Waals surface area contributed by atoms with Crippen molar-refractivity contribution in [2.24, 2.45) is 0 Å². The number of hydrogen-bond acceptors (Lipinski definition) is 2. The molecule has 1 aliphatic rings. The lowest BCUT2D eigenvalue weighted by Crippen LogP contribution is -2.00. The van der Waals surface area contributed by atoms with E-state index in [0.717, 1.165) is 17.7 Å². The third kappa shape index (κ3) is 1.52. The fourth-order valence-electron chi connectivity index (χ4n) is 1.55. The van der Waals surface area contributed by atoms with Crippen molar-refractivity contribution in [3.8, 4) is 0 Å². The van der Waals surface area contributed by atoms with E-state index < -0.39 is 0 Å². The second kappa shape index (κ2) is 3.65. The number of benzene rings is 1. The minimum Gasteiger partial charge on any atom is -0.315 e. The molecule has 0 spiro atoms. The predicted octanol–water partition coefficient (Wildman–Crippen LogP) is 3.49. The lowest BCUT2D eigenvalue weighted by atomic mass is 10.1. The van der Waals surface area contributed by atoms with Crippen molar-refractivity contribution >= 4 is 11.9 Å². The Labute approximate surface area is 87.7 Å². The van der Waals surface area contributed by atoms with Crippen molar-refractivity contribution in [3.63, 3.8) is 0 Å². The van der Waals surface area contributed by atoms with Gasteiger partial charge in [0.15, 0.2) is 0 Å². The molecule has 1 aromatic carbocycles. The number of hydrogen-bond donors (Lipinski definition) is 0. The van der Waals surface area contributed by atoms with Gasteiger partial charge in [-0.2, -0.15) is 0 Å². The summed E-state index contributed by atoms with van der Waals surface area (Å²) in [5.74, 6) is -0.105. The Balaban J connectivity index is 2.35. The molecular formula is C11H12FNS. The summed E-state index contributed by atoms with van der Waals surface area (Å²) in [5, 5.41) is 0. The second-order valence-corrected chi connectivity index (χ2v) is 4.39. The molecule has 0 bridgehead atoms. The van der Waals surface area contributed by atoms with Crippen LogP contribution in [0.5, 0.6) is 0 Å². The van der Waals surface area contributed by atoms with Crippen LogP contribution in [0.4, 0.5) is 4.39 Å². The van der Waals surface area contributed by atoms with E-state index in [-0.39, 0.29) is 5.82 Å². The molecule has 0 atom stereocenters. The van der Waals surface area contributed by atoms with Gasteiger partial charge in [0.1, 0.15) is 5.82 Å². The number of rotatable bonds is 1. The van der Waals surface area contributed by atoms with E-state index in [1.54, 1.807) is 18.0 Å². The molecule has 0 unspecified atom stereocenters. The summed E-state index contributed by atoms with van der Waals surface area (Å²) in [6, 6.07) is 3.40. The lowest BCUT2D eigenvalue weighted by molar-refractivity contribution is 0.597. The first kappa shape index (κ1) is 9.59. The van der Waals surface area contributed by atoms with Crippen LogP contribution in [-0.4, -0.2) is 4.31 Å². The summed E-state index contributed by atoms with van der Waals surface area (Å²) in [4.78, 5) is 1.17. The van der Waals surface area contributed by atoms with Crippen LogP contribution in [0.2, 0.25) is 0 Å². The van der Waals surface area contributed by atoms with E-state index in [9.17, 15) is 4.39 Å². The lowest BCUT2D eigenvalue weighted by Gasteiger charge is -2.07. The first-order valence-electron chi connectivity index (χ1n) is 4.58. The van der Waals surface area contributed by atoms with E-state index in [4.69, 9.17) is 0 Å². The molecule has 1 aliphatic heterocycles. The van der Waals surface area contributed by atoms with Crippen molar-refractivity contribution in [3.05, 3.63) is 41.4 Å². The molecule has 0 saturated heterocycles. The highest BCUT2D eigenvalue weighted by atomic mass is 32.2. The minimum atomic E-state index is -0.105. The number of nitrogens with zero attached hydrogens (tertiary/aromatic N) is 1. The molecule has 0 aromatic heterocycles. The Kier molecular flexibility index (Phi) is 2.50. The van der Waals surface area contributed by atoms with Gasteiger partial charge >= 0.3 is 0 Å². The normalized spacial score (nSPS) is 15.2. The molecule has 14 heavy (non-hydrogen) atoms. The number of halogens is 1. The summed E-state index contributed by atoms with van der Waals surface area (Å²) in [7, 11) is 0. The summed E-state index contributed by atoms with van der Waals surface area (Å²) in [5.41, 5.74) is 1.90. The first-order chi connectivity index (χ1) is 6.72. The van der Waals surface area contributed by atoms with Crippen molar-refractivity contribution in [2.45, 2.75) is 25.3 Å². The molecule has 2 rings (SSSR count). The third-order valence-corrected chi connectivity index (χ3v) is 3.40. The van der Waals surface area contributed by atoms with Gasteiger partial charge in [0.2, 0.25) is 0 Å². The van der Waals surface area contributed by atoms with E-state index in [1.807, 2.05) is 32.2 Å². The van der Waals surface area contributed by atoms with E-state index >= 15 is 0 Å². The second-order valence-electron chi connectivity index (χ2n) is 3.30. The van der Waals surface area contributed by atoms with Gasteiger partial charge in [0.05, 0.1) is 6.54 Å². The minimum absolute atomic E-state index is 0.105. The molecular weight excluding hydrogens is 197 g/mol. The highest BCUT2D eigenvalue weighted by Crippen LogP contribution is 2.38. The zero-order valence-corrected chi connectivity index (χ0v) is 9.07. The van der Waals surface area contributed by atoms with Crippen LogP contribution < -0.4 is 0 Å². The van der Waals surface area contributed by atoms with Gasteiger partial charge in [0, 0.05) is 11.1 Å². The Bertz CT molecular complexity index is 387. The van der Waals surface area contributed by atoms with Crippen molar-refractivity contribution in [1.29, 1.82) is 0 Å². The Hall–Kier alpha value is -0.960. The molecule has 0 radical (unpaired) electrons. The fourth-order valence-corrected chi connectivity index (χ4v) is 2.63. The highest BCUT2D eigenvalue weighted by Gasteiger charge is 2.20. The Morgan fingerprint density at radius 3 is 3.00 bits per heavy atom. The zero-order valence-electron chi connectivity index (χ0n) is 8.25. The molecule has 0 amide bonds. The highest BCUT2D eigenvalue weighted by molar-refractivity contribution is 7.97. The molecule has 1 heterocycles. The molecule has 3 heteroatoms. The zero-order chi connectivity index (χ0) is 10.1. The first-order valence-corrected chi connectivity index (χ1v) is 5.35. The summed E-state index contributed by atoms with van der Waals surface area (Å²) < 4.78 is 15.3. The van der Waals surface area contributed by atoms with E-state index in [1.165, 1.54) is 4.90 Å². The maximum atomic E-state index is 13.2. The smallest absolute Gasteiger partial charge is 0.126 e. The average Bonchev–Trinajstić information content (AvgIpc) is 2.56. The van der Waals surface area contributed by atoms with Gasteiger partial charge in [-0.1, -0.05) is 6.08 Å². The van der Waals surface area contributed by atoms with Gasteiger partial charge in [-0.05, 0) is 49.1 Å². The fraction of sp³-hybridized carbons (Fsp3) is 0.273. The van der Waals surface area contributed by atoms with Crippen molar-refractivity contribution in [1.82, 2.24) is 4.31 Å². The van der Waals surface area contributed by atoms with Crippen LogP contribution in [0.1, 0.15) is 18.1 Å². The van der Waals surface area contributed by atoms with Crippen LogP contribution in [-0.2, 0) is 6.54 Å². The number of fused-ring (bicyclic) bond motifs is 1. The Morgan fingerprint density at radius 1 is 1.50 bits per heavy atom. The van der Waals surface area contributed by atoms with Crippen molar-refractivity contribution < 1.29 is 4.39 Å². The molecule has 0 aliphatic carbocycles. The molecule has 74 valence electrons. The van der Waals surface area contributed by atoms with Crippen molar-refractivity contribution in [2.75, 3.05) is 0 Å². The Morgan fingerprint density at radius 2 is 2.29 bits per heavy atom. The van der Waals surface area contributed by atoms with E-state index in [0.29, 0.717) is 0 Å². The predicted molar refractivity (Wildman–Crippen MR) is 57.4 cm³/mol. The standard InChI is InChI=1S/C11H12FNS/c1-3-6-13-7-9-8(2)10(12)4-5-11(9)14-13/h3-6H,7H2,1-2H3. The number of allylic oxidation sites excluding steroid dienone is 1. The van der Waals surface area contributed by atoms with Crippen LogP contribution in [0.15, 0.2) is 29.3 Å². The molecule has 0 saturated carbocycles. The van der Waals surface area contributed by atoms with Crippen LogP contribution in [0.3, 0.4) is 0 Å². The van der Waals surface area contributed by atoms with E-state index in [2.05, 4.69) is 4.31 Å². The SMILES string of the molecule is CC=CN1Cc2c(ccc(F)c2C)S1. The monoisotopic (exact) mass is 209 g/mol. The van der Waals surface area contributed by atoms with Gasteiger partial charge in [-0.15, -0.1) is 0 Å². The molecule has 0 fully saturated rings. The van der Waals surface area contributed by atoms with Gasteiger partial charge < -0.3 is 4.31 Å². The third-order valence-electron chi connectivity index (χ3n) is 2.33. The topological polar surface area (TPSA) is 3.24 Å². The summed E-state index contributed by atoms with van der Waals surface area (Å²) in [6.07, 6.45) is 4.01. The summed E-state index contributed by atoms with van der Waals surface area (Å²) >= 11 is 1.66. The van der Waals surface area contributed by atoms with Crippen LogP contribution in [0.25, 0.3) is 0 Å². The average molecular weight is 209 g/mol. The maximum absolute atomic E-state index is 13.2. The summed E-state index contributed by atoms with van der Waals surface area (Å²) in [6.45, 7) is 4.62. The molecule has 1 aromatic rings. The maximum Gasteiger partial charge on any atom is 0.126 e. The van der Waals surface area contributed by atoms with Gasteiger partial charge in [0.25, 0.3) is 0 Å². The molecule has 1 nitrogen and oxygen atoms in total.